The third-order valence-corrected chi connectivity index (χ3v) is 8.91. The van der Waals surface area contributed by atoms with E-state index in [1.165, 1.54) is 5.69 Å². The van der Waals surface area contributed by atoms with Gasteiger partial charge in [-0.1, -0.05) is 12.1 Å². The summed E-state index contributed by atoms with van der Waals surface area (Å²) < 4.78 is 17.6. The fraction of sp³-hybridized carbons (Fsp3) is 0.452. The van der Waals surface area contributed by atoms with Crippen LogP contribution in [0.25, 0.3) is 27.8 Å². The van der Waals surface area contributed by atoms with Crippen molar-refractivity contribution < 1.29 is 4.39 Å². The summed E-state index contributed by atoms with van der Waals surface area (Å²) in [6, 6.07) is 17.7. The first kappa shape index (κ1) is 25.1. The van der Waals surface area contributed by atoms with Gasteiger partial charge in [-0.05, 0) is 95.4 Å². The second kappa shape index (κ2) is 9.86. The Bertz CT molecular complexity index is 1440. The van der Waals surface area contributed by atoms with Crippen LogP contribution in [-0.4, -0.2) is 84.6 Å². The number of aromatic nitrogens is 2. The second-order valence-corrected chi connectivity index (χ2v) is 11.5. The lowest BCUT2D eigenvalue weighted by Gasteiger charge is -2.43. The predicted molar refractivity (Wildman–Crippen MR) is 156 cm³/mol. The molecule has 4 heterocycles. The van der Waals surface area contributed by atoms with Crippen molar-refractivity contribution in [1.82, 2.24) is 19.2 Å². The number of likely N-dealkylation sites (N-methyl/N-ethyl adjacent to an activating group) is 1. The maximum absolute atomic E-state index is 15.4. The van der Waals surface area contributed by atoms with Crippen LogP contribution in [0.2, 0.25) is 0 Å². The number of pyridine rings is 1. The molecule has 0 saturated carbocycles. The first-order chi connectivity index (χ1) is 18.3. The molecule has 0 radical (unpaired) electrons. The van der Waals surface area contributed by atoms with Gasteiger partial charge in [-0.25, -0.2) is 9.37 Å². The predicted octanol–water partition coefficient (Wildman–Crippen LogP) is 5.35. The molecule has 6 nitrogen and oxygen atoms in total. The van der Waals surface area contributed by atoms with Gasteiger partial charge in [0.15, 0.2) is 0 Å². The quantitative estimate of drug-likeness (QED) is 0.366. The number of para-hydroxylation sites is 1. The van der Waals surface area contributed by atoms with E-state index in [1.807, 2.05) is 12.1 Å². The van der Waals surface area contributed by atoms with Crippen LogP contribution in [0.3, 0.4) is 0 Å². The van der Waals surface area contributed by atoms with Crippen LogP contribution in [0.1, 0.15) is 26.7 Å². The number of hydrogen-bond donors (Lipinski definition) is 0. The summed E-state index contributed by atoms with van der Waals surface area (Å²) in [5, 5.41) is 0. The van der Waals surface area contributed by atoms with Crippen molar-refractivity contribution >= 4 is 28.1 Å². The molecule has 0 bridgehead atoms. The van der Waals surface area contributed by atoms with Crippen LogP contribution in [-0.2, 0) is 0 Å². The molecule has 0 amide bonds. The SMILES string of the molecule is C[C@@H]1CN(c2cccc3nc4ccc(-c5ccc(N6CCC(N(C)C)CC6)c(F)c5)cn4c23)C[C@H](C)N1C. The summed E-state index contributed by atoms with van der Waals surface area (Å²) in [5.74, 6) is -0.150. The van der Waals surface area contributed by atoms with Crippen LogP contribution in [0.5, 0.6) is 0 Å². The molecule has 4 aromatic rings. The number of piperazine rings is 1. The molecule has 200 valence electrons. The topological polar surface area (TPSA) is 30.3 Å². The van der Waals surface area contributed by atoms with Crippen molar-refractivity contribution in [2.75, 3.05) is 57.1 Å². The Morgan fingerprint density at radius 3 is 2.26 bits per heavy atom. The Morgan fingerprint density at radius 2 is 1.58 bits per heavy atom. The van der Waals surface area contributed by atoms with E-state index in [1.54, 1.807) is 6.07 Å². The summed E-state index contributed by atoms with van der Waals surface area (Å²) in [6.07, 6.45) is 4.24. The van der Waals surface area contributed by atoms with Crippen LogP contribution in [0.15, 0.2) is 54.7 Å². The lowest BCUT2D eigenvalue weighted by Crippen LogP contribution is -2.55. The van der Waals surface area contributed by atoms with Gasteiger partial charge >= 0.3 is 0 Å². The van der Waals surface area contributed by atoms with E-state index in [2.05, 4.69) is 95.5 Å². The normalized spacial score (nSPS) is 21.8. The molecule has 2 saturated heterocycles. The summed E-state index contributed by atoms with van der Waals surface area (Å²) >= 11 is 0. The van der Waals surface area contributed by atoms with Crippen LogP contribution in [0.4, 0.5) is 15.8 Å². The maximum Gasteiger partial charge on any atom is 0.147 e. The summed E-state index contributed by atoms with van der Waals surface area (Å²) in [6.45, 7) is 8.31. The fourth-order valence-electron chi connectivity index (χ4n) is 6.34. The van der Waals surface area contributed by atoms with Crippen molar-refractivity contribution in [3.63, 3.8) is 0 Å². The molecular weight excluding hydrogens is 475 g/mol. The van der Waals surface area contributed by atoms with Gasteiger partial charge in [0.25, 0.3) is 0 Å². The minimum absolute atomic E-state index is 0.150. The molecule has 6 rings (SSSR count). The highest BCUT2D eigenvalue weighted by atomic mass is 19.1. The van der Waals surface area contributed by atoms with Gasteiger partial charge < -0.3 is 14.7 Å². The molecule has 2 aliphatic heterocycles. The molecular formula is C31H39FN6. The molecule has 2 aromatic heterocycles. The van der Waals surface area contributed by atoms with Crippen molar-refractivity contribution in [1.29, 1.82) is 0 Å². The zero-order chi connectivity index (χ0) is 26.6. The number of piperidine rings is 1. The molecule has 2 atom stereocenters. The van der Waals surface area contributed by atoms with Gasteiger partial charge in [0, 0.05) is 50.5 Å². The first-order valence-corrected chi connectivity index (χ1v) is 13.9. The minimum Gasteiger partial charge on any atom is -0.369 e. The van der Waals surface area contributed by atoms with E-state index in [9.17, 15) is 0 Å². The van der Waals surface area contributed by atoms with E-state index in [4.69, 9.17) is 4.98 Å². The average molecular weight is 515 g/mol. The van der Waals surface area contributed by atoms with E-state index in [-0.39, 0.29) is 5.82 Å². The molecule has 2 aromatic carbocycles. The largest absolute Gasteiger partial charge is 0.369 e. The number of nitrogens with zero attached hydrogens (tertiary/aromatic N) is 6. The van der Waals surface area contributed by atoms with Gasteiger partial charge in [0.2, 0.25) is 0 Å². The molecule has 7 heteroatoms. The second-order valence-electron chi connectivity index (χ2n) is 11.5. The third kappa shape index (κ3) is 4.41. The fourth-order valence-corrected chi connectivity index (χ4v) is 6.34. The van der Waals surface area contributed by atoms with Crippen LogP contribution >= 0.6 is 0 Å². The van der Waals surface area contributed by atoms with Gasteiger partial charge in [-0.2, -0.15) is 0 Å². The van der Waals surface area contributed by atoms with Crippen molar-refractivity contribution in [3.8, 4) is 11.1 Å². The van der Waals surface area contributed by atoms with Gasteiger partial charge in [0.05, 0.1) is 22.4 Å². The van der Waals surface area contributed by atoms with E-state index < -0.39 is 0 Å². The number of imidazole rings is 1. The zero-order valence-electron chi connectivity index (χ0n) is 23.2. The smallest absolute Gasteiger partial charge is 0.147 e. The van der Waals surface area contributed by atoms with Crippen LogP contribution in [0, 0.1) is 5.82 Å². The van der Waals surface area contributed by atoms with Crippen molar-refractivity contribution in [2.24, 2.45) is 0 Å². The molecule has 38 heavy (non-hydrogen) atoms. The highest BCUT2D eigenvalue weighted by Crippen LogP contribution is 2.33. The van der Waals surface area contributed by atoms with Crippen LogP contribution < -0.4 is 9.80 Å². The average Bonchev–Trinajstić information content (AvgIpc) is 3.29. The first-order valence-electron chi connectivity index (χ1n) is 13.9. The third-order valence-electron chi connectivity index (χ3n) is 8.91. The van der Waals surface area contributed by atoms with E-state index in [0.29, 0.717) is 23.8 Å². The Balaban J connectivity index is 1.34. The molecule has 0 spiro atoms. The number of hydrogen-bond acceptors (Lipinski definition) is 5. The zero-order valence-corrected chi connectivity index (χ0v) is 23.2. The Labute approximate surface area is 225 Å². The van der Waals surface area contributed by atoms with Crippen molar-refractivity contribution in [3.05, 3.63) is 60.5 Å². The number of halogens is 1. The number of anilines is 2. The molecule has 0 N–H and O–H groups in total. The lowest BCUT2D eigenvalue weighted by atomic mass is 10.0. The van der Waals surface area contributed by atoms with Gasteiger partial charge in [-0.3, -0.25) is 9.30 Å². The Kier molecular flexibility index (Phi) is 6.52. The summed E-state index contributed by atoms with van der Waals surface area (Å²) in [4.78, 5) is 14.3. The molecule has 2 aliphatic rings. The lowest BCUT2D eigenvalue weighted by molar-refractivity contribution is 0.170. The highest BCUT2D eigenvalue weighted by Gasteiger charge is 2.28. The maximum atomic E-state index is 15.4. The standard InChI is InChI=1S/C31H39FN6/c1-21-18-37(19-22(2)35(21)5)29-8-6-7-27-31(29)38-20-24(10-12-30(38)33-27)23-9-11-28(26(32)17-23)36-15-13-25(14-16-36)34(3)4/h6-12,17,20-22,25H,13-16,18-19H2,1-5H3/t21-,22+. The Hall–Kier alpha value is -3.16. The molecule has 2 fully saturated rings. The minimum atomic E-state index is -0.150. The van der Waals surface area contributed by atoms with E-state index in [0.717, 1.165) is 66.8 Å². The molecule has 0 unspecified atom stereocenters. The highest BCUT2D eigenvalue weighted by molar-refractivity contribution is 5.92. The van der Waals surface area contributed by atoms with Crippen molar-refractivity contribution in [2.45, 2.75) is 44.8 Å². The monoisotopic (exact) mass is 514 g/mol. The van der Waals surface area contributed by atoms with Gasteiger partial charge in [0.1, 0.15) is 11.5 Å². The van der Waals surface area contributed by atoms with Gasteiger partial charge in [-0.15, -0.1) is 0 Å². The molecule has 0 aliphatic carbocycles. The summed E-state index contributed by atoms with van der Waals surface area (Å²) in [7, 11) is 6.47. The summed E-state index contributed by atoms with van der Waals surface area (Å²) in [5.41, 5.74) is 6.81. The number of benzene rings is 2. The number of rotatable bonds is 4. The Morgan fingerprint density at radius 1 is 0.868 bits per heavy atom. The van der Waals surface area contributed by atoms with E-state index >= 15 is 4.39 Å². The number of fused-ring (bicyclic) bond motifs is 3.